The molecule has 0 bridgehead atoms. The smallest absolute Gasteiger partial charge is 0.157 e. The summed E-state index contributed by atoms with van der Waals surface area (Å²) in [6.07, 6.45) is 10.8. The van der Waals surface area contributed by atoms with E-state index in [2.05, 4.69) is 61.2 Å². The van der Waals surface area contributed by atoms with Gasteiger partial charge in [-0.05, 0) is 94.4 Å². The maximum Gasteiger partial charge on any atom is 0.157 e. The average molecular weight is 497 g/mol. The first-order valence-electron chi connectivity index (χ1n) is 9.19. The van der Waals surface area contributed by atoms with E-state index in [-0.39, 0.29) is 11.3 Å². The summed E-state index contributed by atoms with van der Waals surface area (Å²) in [6, 6.07) is 0. The van der Waals surface area contributed by atoms with Crippen molar-refractivity contribution < 1.29 is 4.39 Å². The Kier molecular flexibility index (Phi) is 9.61. The fourth-order valence-corrected chi connectivity index (χ4v) is 5.71. The second-order valence-corrected chi connectivity index (χ2v) is 11.8. The lowest BCUT2D eigenvalue weighted by Crippen LogP contribution is -2.33. The highest BCUT2D eigenvalue weighted by Crippen LogP contribution is 2.50. The lowest BCUT2D eigenvalue weighted by Gasteiger charge is -2.43. The van der Waals surface area contributed by atoms with Crippen LogP contribution in [0.1, 0.15) is 65.2 Å². The summed E-state index contributed by atoms with van der Waals surface area (Å²) < 4.78 is 15.7. The third-order valence-electron chi connectivity index (χ3n) is 5.77. The van der Waals surface area contributed by atoms with Gasteiger partial charge in [0, 0.05) is 5.70 Å². The van der Waals surface area contributed by atoms with E-state index in [0.29, 0.717) is 5.92 Å². The molecule has 0 aromatic heterocycles. The Balaban J connectivity index is 2.92. The van der Waals surface area contributed by atoms with E-state index in [0.717, 1.165) is 40.5 Å². The molecule has 0 aliphatic heterocycles. The van der Waals surface area contributed by atoms with Crippen LogP contribution in [0.5, 0.6) is 0 Å². The molecule has 0 saturated heterocycles. The van der Waals surface area contributed by atoms with Crippen LogP contribution in [0.4, 0.5) is 4.39 Å². The van der Waals surface area contributed by atoms with Gasteiger partial charge in [-0.2, -0.15) is 0 Å². The first kappa shape index (κ1) is 23.6. The molecule has 1 aliphatic carbocycles. The maximum absolute atomic E-state index is 14.7. The van der Waals surface area contributed by atoms with E-state index >= 15 is 0 Å². The Morgan fingerprint density at radius 2 is 2.08 bits per heavy atom. The van der Waals surface area contributed by atoms with Gasteiger partial charge >= 0.3 is 0 Å². The van der Waals surface area contributed by atoms with E-state index in [4.69, 9.17) is 5.73 Å². The Hall–Kier alpha value is 0.540. The quantitative estimate of drug-likeness (QED) is 0.205. The van der Waals surface area contributed by atoms with Crippen molar-refractivity contribution in [3.8, 4) is 0 Å². The van der Waals surface area contributed by atoms with Crippen LogP contribution >= 0.6 is 41.1 Å². The predicted octanol–water partition coefficient (Wildman–Crippen LogP) is 7.10. The van der Waals surface area contributed by atoms with E-state index < -0.39 is 5.15 Å². The number of alkyl halides is 1. The van der Waals surface area contributed by atoms with Crippen LogP contribution < -0.4 is 5.73 Å². The standard InChI is InChI=1S/C20H35FINP2/c1-5-18(20(21,24)25)16(12-14(2)22)9-11-19(4)10-7-6-8-17(19)13-15(3)23/h5,16-17H,2-3,6-13,23-25H2,1,4H3/b18-5+/t16-,17?,19-/m0/s1. The van der Waals surface area contributed by atoms with Gasteiger partial charge in [-0.25, -0.2) is 4.39 Å². The first-order valence-corrected chi connectivity index (χ1v) is 11.4. The van der Waals surface area contributed by atoms with Crippen LogP contribution in [0.25, 0.3) is 0 Å². The van der Waals surface area contributed by atoms with Crippen LogP contribution in [-0.4, -0.2) is 5.15 Å². The first-order chi connectivity index (χ1) is 11.5. The molecule has 1 saturated carbocycles. The molecule has 1 rings (SSSR count). The normalized spacial score (nSPS) is 26.3. The van der Waals surface area contributed by atoms with Crippen molar-refractivity contribution in [3.63, 3.8) is 0 Å². The average Bonchev–Trinajstić information content (AvgIpc) is 2.45. The summed E-state index contributed by atoms with van der Waals surface area (Å²) in [6.45, 7) is 12.3. The molecule has 144 valence electrons. The highest BCUT2D eigenvalue weighted by molar-refractivity contribution is 14.1. The molecule has 0 amide bonds. The van der Waals surface area contributed by atoms with Crippen LogP contribution in [0.3, 0.4) is 0 Å². The molecule has 2 N–H and O–H groups in total. The molecular weight excluding hydrogens is 462 g/mol. The molecule has 0 aromatic rings. The van der Waals surface area contributed by atoms with Crippen molar-refractivity contribution in [1.29, 1.82) is 0 Å². The highest BCUT2D eigenvalue weighted by atomic mass is 127. The molecule has 5 atom stereocenters. The monoisotopic (exact) mass is 497 g/mol. The molecule has 1 fully saturated rings. The zero-order valence-corrected chi connectivity index (χ0v) is 20.3. The molecule has 0 spiro atoms. The minimum atomic E-state index is -1.44. The zero-order valence-electron chi connectivity index (χ0n) is 15.8. The summed E-state index contributed by atoms with van der Waals surface area (Å²) in [7, 11) is 4.65. The van der Waals surface area contributed by atoms with Gasteiger partial charge < -0.3 is 5.73 Å². The van der Waals surface area contributed by atoms with Crippen molar-refractivity contribution in [2.45, 2.75) is 70.4 Å². The largest absolute Gasteiger partial charge is 0.403 e. The van der Waals surface area contributed by atoms with Gasteiger partial charge in [-0.3, -0.25) is 0 Å². The van der Waals surface area contributed by atoms with Gasteiger partial charge in [0.2, 0.25) is 0 Å². The third-order valence-corrected chi connectivity index (χ3v) is 6.88. The van der Waals surface area contributed by atoms with Crippen LogP contribution in [0.15, 0.2) is 34.1 Å². The fraction of sp³-hybridized carbons (Fsp3) is 0.700. The summed E-state index contributed by atoms with van der Waals surface area (Å²) in [5.74, 6) is 0.785. The highest BCUT2D eigenvalue weighted by Gasteiger charge is 2.38. The molecule has 0 aromatic carbocycles. The van der Waals surface area contributed by atoms with E-state index in [1.165, 1.54) is 25.7 Å². The molecule has 0 heterocycles. The second-order valence-electron chi connectivity index (χ2n) is 7.93. The Morgan fingerprint density at radius 3 is 2.56 bits per heavy atom. The fourth-order valence-electron chi connectivity index (χ4n) is 4.37. The van der Waals surface area contributed by atoms with Gasteiger partial charge in [0.15, 0.2) is 5.15 Å². The number of allylic oxidation sites excluding steroid dienone is 4. The number of nitrogens with two attached hydrogens (primary N) is 1. The van der Waals surface area contributed by atoms with Gasteiger partial charge in [0.25, 0.3) is 0 Å². The van der Waals surface area contributed by atoms with Gasteiger partial charge in [-0.1, -0.05) is 57.5 Å². The lowest BCUT2D eigenvalue weighted by molar-refractivity contribution is 0.0953. The number of hydrogen-bond acceptors (Lipinski definition) is 1. The van der Waals surface area contributed by atoms with Crippen molar-refractivity contribution in [3.05, 3.63) is 34.1 Å². The molecule has 3 unspecified atom stereocenters. The topological polar surface area (TPSA) is 26.0 Å². The predicted molar refractivity (Wildman–Crippen MR) is 126 cm³/mol. The van der Waals surface area contributed by atoms with Gasteiger partial charge in [-0.15, -0.1) is 0 Å². The lowest BCUT2D eigenvalue weighted by atomic mass is 9.63. The molecular formula is C20H35FINP2. The van der Waals surface area contributed by atoms with Crippen LogP contribution in [-0.2, 0) is 0 Å². The minimum absolute atomic E-state index is 0.190. The third kappa shape index (κ3) is 7.59. The molecule has 25 heavy (non-hydrogen) atoms. The van der Waals surface area contributed by atoms with Crippen molar-refractivity contribution in [2.75, 3.05) is 0 Å². The van der Waals surface area contributed by atoms with E-state index in [1.54, 1.807) is 0 Å². The molecule has 5 heteroatoms. The van der Waals surface area contributed by atoms with E-state index in [1.807, 2.05) is 13.0 Å². The Morgan fingerprint density at radius 1 is 1.44 bits per heavy atom. The zero-order chi connectivity index (χ0) is 19.3. The SMILES string of the molecule is C=C(N)CC1CCCC[C@@]1(C)CC[C@@H](CC(=C)I)/C(=C\C)C(F)(P)P. The summed E-state index contributed by atoms with van der Waals surface area (Å²) in [5.41, 5.74) is 7.83. The van der Waals surface area contributed by atoms with Crippen molar-refractivity contribution in [1.82, 2.24) is 0 Å². The van der Waals surface area contributed by atoms with Crippen LogP contribution in [0.2, 0.25) is 0 Å². The molecule has 1 aliphatic rings. The number of halogens is 2. The van der Waals surface area contributed by atoms with Gasteiger partial charge in [0.05, 0.1) is 0 Å². The summed E-state index contributed by atoms with van der Waals surface area (Å²) >= 11 is 2.27. The Labute approximate surface area is 172 Å². The van der Waals surface area contributed by atoms with E-state index in [9.17, 15) is 4.39 Å². The summed E-state index contributed by atoms with van der Waals surface area (Å²) in [5, 5.41) is -1.44. The Bertz CT molecular complexity index is 512. The second kappa shape index (κ2) is 10.2. The number of rotatable bonds is 9. The van der Waals surface area contributed by atoms with Gasteiger partial charge in [0.1, 0.15) is 0 Å². The molecule has 1 nitrogen and oxygen atoms in total. The minimum Gasteiger partial charge on any atom is -0.403 e. The van der Waals surface area contributed by atoms with Crippen molar-refractivity contribution >= 4 is 41.1 Å². The van der Waals surface area contributed by atoms with Crippen molar-refractivity contribution in [2.24, 2.45) is 23.0 Å². The summed E-state index contributed by atoms with van der Waals surface area (Å²) in [4.78, 5) is 0. The molecule has 0 radical (unpaired) electrons. The maximum atomic E-state index is 14.7. The van der Waals surface area contributed by atoms with Crippen LogP contribution in [0, 0.1) is 17.3 Å². The number of hydrogen-bond donors (Lipinski definition) is 1.